The van der Waals surface area contributed by atoms with Crippen LogP contribution >= 0.6 is 0 Å². The van der Waals surface area contributed by atoms with Crippen molar-refractivity contribution in [1.82, 2.24) is 9.80 Å². The van der Waals surface area contributed by atoms with Crippen molar-refractivity contribution in [3.8, 4) is 5.75 Å². The summed E-state index contributed by atoms with van der Waals surface area (Å²) in [5, 5.41) is 9.02. The second-order valence-electron chi connectivity index (χ2n) is 7.02. The van der Waals surface area contributed by atoms with Gasteiger partial charge in [-0.1, -0.05) is 25.1 Å². The Labute approximate surface area is 155 Å². The second kappa shape index (κ2) is 9.57. The molecule has 2 rings (SSSR count). The van der Waals surface area contributed by atoms with Crippen LogP contribution < -0.4 is 4.74 Å². The fraction of sp³-hybridized carbons (Fsp3) is 0.600. The maximum Gasteiger partial charge on any atom is 0.317 e. The van der Waals surface area contributed by atoms with Crippen LogP contribution in [0.2, 0.25) is 0 Å². The second-order valence-corrected chi connectivity index (χ2v) is 7.02. The van der Waals surface area contributed by atoms with Crippen molar-refractivity contribution in [2.24, 2.45) is 0 Å². The number of carbonyl (C=O) groups is 2. The van der Waals surface area contributed by atoms with Crippen LogP contribution in [-0.4, -0.2) is 65.1 Å². The predicted molar refractivity (Wildman–Crippen MR) is 100 cm³/mol. The number of piperidine rings is 1. The summed E-state index contributed by atoms with van der Waals surface area (Å²) in [4.78, 5) is 27.5. The fourth-order valence-electron chi connectivity index (χ4n) is 3.45. The van der Waals surface area contributed by atoms with Gasteiger partial charge in [0.25, 0.3) is 0 Å². The molecule has 0 aliphatic carbocycles. The van der Waals surface area contributed by atoms with Crippen LogP contribution in [-0.2, 0) is 16.0 Å². The van der Waals surface area contributed by atoms with Gasteiger partial charge in [-0.15, -0.1) is 0 Å². The molecule has 1 N–H and O–H groups in total. The van der Waals surface area contributed by atoms with E-state index in [9.17, 15) is 9.59 Å². The number of nitrogens with zero attached hydrogens (tertiary/aromatic N) is 2. The summed E-state index contributed by atoms with van der Waals surface area (Å²) in [6.45, 7) is 8.05. The van der Waals surface area contributed by atoms with Gasteiger partial charge in [0.2, 0.25) is 5.91 Å². The van der Waals surface area contributed by atoms with E-state index in [2.05, 4.69) is 0 Å². The zero-order chi connectivity index (χ0) is 19.1. The van der Waals surface area contributed by atoms with Crippen LogP contribution in [0.4, 0.5) is 0 Å². The molecular formula is C20H30N2O4. The Morgan fingerprint density at radius 2 is 1.92 bits per heavy atom. The topological polar surface area (TPSA) is 70.1 Å². The maximum atomic E-state index is 12.7. The Morgan fingerprint density at radius 1 is 1.27 bits per heavy atom. The average molecular weight is 362 g/mol. The van der Waals surface area contributed by atoms with Crippen LogP contribution in [0.3, 0.4) is 0 Å². The third kappa shape index (κ3) is 5.73. The molecule has 1 aromatic rings. The first kappa shape index (κ1) is 20.2. The lowest BCUT2D eigenvalue weighted by atomic mass is 10.0. The van der Waals surface area contributed by atoms with E-state index >= 15 is 0 Å². The van der Waals surface area contributed by atoms with Crippen molar-refractivity contribution in [2.75, 3.05) is 26.2 Å². The summed E-state index contributed by atoms with van der Waals surface area (Å²) < 4.78 is 5.80. The molecule has 6 nitrogen and oxygen atoms in total. The normalized spacial score (nSPS) is 15.5. The van der Waals surface area contributed by atoms with Crippen LogP contribution in [0.5, 0.6) is 5.75 Å². The van der Waals surface area contributed by atoms with E-state index in [0.29, 0.717) is 26.1 Å². The monoisotopic (exact) mass is 362 g/mol. The van der Waals surface area contributed by atoms with E-state index in [4.69, 9.17) is 9.84 Å². The Morgan fingerprint density at radius 3 is 2.50 bits per heavy atom. The summed E-state index contributed by atoms with van der Waals surface area (Å²) in [7, 11) is 0. The molecule has 0 atom stereocenters. The highest BCUT2D eigenvalue weighted by Crippen LogP contribution is 2.22. The first-order valence-corrected chi connectivity index (χ1v) is 9.38. The zero-order valence-corrected chi connectivity index (χ0v) is 16.0. The lowest BCUT2D eigenvalue weighted by Gasteiger charge is -2.37. The number of likely N-dealkylation sites (tertiary alicyclic amines) is 1. The number of likely N-dealkylation sites (N-methyl/N-ethyl adjacent to an activating group) is 1. The van der Waals surface area contributed by atoms with Gasteiger partial charge < -0.3 is 14.7 Å². The summed E-state index contributed by atoms with van der Waals surface area (Å²) in [6, 6.07) is 7.91. The van der Waals surface area contributed by atoms with E-state index in [1.165, 1.54) is 0 Å². The van der Waals surface area contributed by atoms with Crippen molar-refractivity contribution in [1.29, 1.82) is 0 Å². The van der Waals surface area contributed by atoms with Crippen molar-refractivity contribution in [3.05, 3.63) is 29.8 Å². The largest absolute Gasteiger partial charge is 0.491 e. The third-order valence-electron chi connectivity index (χ3n) is 4.76. The molecule has 0 aromatic heterocycles. The van der Waals surface area contributed by atoms with E-state index in [1.807, 2.05) is 54.8 Å². The van der Waals surface area contributed by atoms with Crippen LogP contribution in [0.1, 0.15) is 39.2 Å². The molecule has 0 spiro atoms. The molecule has 1 aromatic carbocycles. The predicted octanol–water partition coefficient (Wildman–Crippen LogP) is 2.41. The highest BCUT2D eigenvalue weighted by Gasteiger charge is 2.27. The van der Waals surface area contributed by atoms with Gasteiger partial charge in [-0.2, -0.15) is 0 Å². The number of amides is 1. The molecule has 6 heteroatoms. The van der Waals surface area contributed by atoms with Gasteiger partial charge in [0.15, 0.2) is 0 Å². The number of para-hydroxylation sites is 1. The van der Waals surface area contributed by atoms with E-state index < -0.39 is 5.97 Å². The third-order valence-corrected chi connectivity index (χ3v) is 4.76. The standard InChI is InChI=1S/C20H30N2O4/c1-4-21(14-20(24)25)17-9-11-22(12-10-17)19(23)13-16-7-5-6-8-18(16)26-15(2)3/h5-8,15,17H,4,9-14H2,1-3H3,(H,24,25). The van der Waals surface area contributed by atoms with Gasteiger partial charge in [0.05, 0.1) is 19.1 Å². The molecular weight excluding hydrogens is 332 g/mol. The number of ether oxygens (including phenoxy) is 1. The van der Waals surface area contributed by atoms with Crippen LogP contribution in [0.15, 0.2) is 24.3 Å². The number of carbonyl (C=O) groups excluding carboxylic acids is 1. The van der Waals surface area contributed by atoms with Crippen molar-refractivity contribution in [3.63, 3.8) is 0 Å². The highest BCUT2D eigenvalue weighted by molar-refractivity contribution is 5.79. The Hall–Kier alpha value is -2.08. The molecule has 0 radical (unpaired) electrons. The first-order chi connectivity index (χ1) is 12.4. The minimum absolute atomic E-state index is 0.0645. The quantitative estimate of drug-likeness (QED) is 0.769. The van der Waals surface area contributed by atoms with E-state index in [1.54, 1.807) is 0 Å². The summed E-state index contributed by atoms with van der Waals surface area (Å²) in [5.41, 5.74) is 0.911. The molecule has 0 unspecified atom stereocenters. The van der Waals surface area contributed by atoms with Crippen LogP contribution in [0, 0.1) is 0 Å². The molecule has 0 saturated carbocycles. The van der Waals surface area contributed by atoms with Crippen molar-refractivity contribution < 1.29 is 19.4 Å². The number of carboxylic acids is 1. The van der Waals surface area contributed by atoms with Gasteiger partial charge in [-0.05, 0) is 39.3 Å². The first-order valence-electron chi connectivity index (χ1n) is 9.38. The SMILES string of the molecule is CCN(CC(=O)O)C1CCN(C(=O)Cc2ccccc2OC(C)C)CC1. The van der Waals surface area contributed by atoms with Gasteiger partial charge in [-0.3, -0.25) is 14.5 Å². The fourth-order valence-corrected chi connectivity index (χ4v) is 3.45. The molecule has 0 bridgehead atoms. The number of hydrogen-bond donors (Lipinski definition) is 1. The molecule has 26 heavy (non-hydrogen) atoms. The number of benzene rings is 1. The van der Waals surface area contributed by atoms with Gasteiger partial charge in [0.1, 0.15) is 5.75 Å². The average Bonchev–Trinajstić information content (AvgIpc) is 2.61. The molecule has 1 fully saturated rings. The van der Waals surface area contributed by atoms with Gasteiger partial charge in [0, 0.05) is 24.7 Å². The Kier molecular flexibility index (Phi) is 7.45. The summed E-state index contributed by atoms with van der Waals surface area (Å²) in [6.07, 6.45) is 2.03. The van der Waals surface area contributed by atoms with E-state index in [0.717, 1.165) is 24.2 Å². The minimum atomic E-state index is -0.799. The maximum absolute atomic E-state index is 12.7. The zero-order valence-electron chi connectivity index (χ0n) is 16.0. The molecule has 1 aliphatic heterocycles. The smallest absolute Gasteiger partial charge is 0.317 e. The van der Waals surface area contributed by atoms with Gasteiger partial charge >= 0.3 is 5.97 Å². The number of carboxylic acid groups (broad SMARTS) is 1. The Bertz CT molecular complexity index is 610. The number of rotatable bonds is 8. The van der Waals surface area contributed by atoms with E-state index in [-0.39, 0.29) is 24.6 Å². The molecule has 1 saturated heterocycles. The van der Waals surface area contributed by atoms with Crippen LogP contribution in [0.25, 0.3) is 0 Å². The highest BCUT2D eigenvalue weighted by atomic mass is 16.5. The Balaban J connectivity index is 1.92. The van der Waals surface area contributed by atoms with Crippen molar-refractivity contribution in [2.45, 2.75) is 52.2 Å². The summed E-state index contributed by atoms with van der Waals surface area (Å²) >= 11 is 0. The molecule has 1 heterocycles. The van der Waals surface area contributed by atoms with Gasteiger partial charge in [-0.25, -0.2) is 0 Å². The molecule has 1 amide bonds. The lowest BCUT2D eigenvalue weighted by Crippen LogP contribution is -2.48. The lowest BCUT2D eigenvalue weighted by molar-refractivity contribution is -0.140. The number of aliphatic carboxylic acids is 1. The molecule has 144 valence electrons. The summed E-state index contributed by atoms with van der Waals surface area (Å²) in [5.74, 6) is 0.0704. The number of hydrogen-bond acceptors (Lipinski definition) is 4. The van der Waals surface area contributed by atoms with Crippen molar-refractivity contribution >= 4 is 11.9 Å². The minimum Gasteiger partial charge on any atom is -0.491 e. The molecule has 1 aliphatic rings.